The summed E-state index contributed by atoms with van der Waals surface area (Å²) in [7, 11) is 0. The van der Waals surface area contributed by atoms with Crippen molar-refractivity contribution < 1.29 is 26.3 Å². The highest BCUT2D eigenvalue weighted by Gasteiger charge is 2.37. The summed E-state index contributed by atoms with van der Waals surface area (Å²) in [4.78, 5) is 0. The van der Waals surface area contributed by atoms with Crippen LogP contribution < -0.4 is 11.5 Å². The monoisotopic (exact) mass is 472 g/mol. The van der Waals surface area contributed by atoms with Crippen LogP contribution in [0, 0.1) is 0 Å². The first-order valence-corrected chi connectivity index (χ1v) is 10.1. The van der Waals surface area contributed by atoms with Crippen molar-refractivity contribution in [2.24, 2.45) is 0 Å². The van der Waals surface area contributed by atoms with Crippen LogP contribution in [0.3, 0.4) is 0 Å². The Balaban J connectivity index is 1.99. The van der Waals surface area contributed by atoms with Crippen molar-refractivity contribution in [3.8, 4) is 33.4 Å². The van der Waals surface area contributed by atoms with Crippen LogP contribution in [0.1, 0.15) is 11.1 Å². The molecule has 0 bridgehead atoms. The second-order valence-corrected chi connectivity index (χ2v) is 7.84. The third kappa shape index (κ3) is 5.01. The Morgan fingerprint density at radius 2 is 0.765 bits per heavy atom. The number of hydrogen-bond acceptors (Lipinski definition) is 2. The molecule has 4 aromatic rings. The number of halogens is 6. The molecule has 0 heterocycles. The Labute approximate surface area is 191 Å². The molecule has 4 N–H and O–H groups in total. The zero-order chi connectivity index (χ0) is 24.7. The third-order valence-electron chi connectivity index (χ3n) is 5.29. The average Bonchev–Trinajstić information content (AvgIpc) is 2.77. The molecular weight excluding hydrogens is 454 g/mol. The summed E-state index contributed by atoms with van der Waals surface area (Å²) in [6.45, 7) is 0. The van der Waals surface area contributed by atoms with Crippen LogP contribution in [-0.2, 0) is 12.4 Å². The molecule has 0 aromatic heterocycles. The van der Waals surface area contributed by atoms with Crippen LogP contribution in [0.5, 0.6) is 0 Å². The van der Waals surface area contributed by atoms with E-state index in [1.807, 2.05) is 0 Å². The summed E-state index contributed by atoms with van der Waals surface area (Å²) >= 11 is 0. The predicted octanol–water partition coefficient (Wildman–Crippen LogP) is 7.89. The van der Waals surface area contributed by atoms with Gasteiger partial charge in [0.25, 0.3) is 0 Å². The van der Waals surface area contributed by atoms with Crippen molar-refractivity contribution in [1.29, 1.82) is 0 Å². The minimum absolute atomic E-state index is 0.115. The van der Waals surface area contributed by atoms with Gasteiger partial charge in [-0.15, -0.1) is 0 Å². The van der Waals surface area contributed by atoms with Gasteiger partial charge in [-0.3, -0.25) is 0 Å². The van der Waals surface area contributed by atoms with Crippen molar-refractivity contribution in [3.05, 3.63) is 96.1 Å². The molecule has 0 atom stereocenters. The summed E-state index contributed by atoms with van der Waals surface area (Å²) in [5.41, 5.74) is 12.4. The first kappa shape index (κ1) is 23.2. The van der Waals surface area contributed by atoms with E-state index < -0.39 is 23.5 Å². The number of nitrogens with two attached hydrogens (primary N) is 2. The Bertz CT molecular complexity index is 1260. The van der Waals surface area contributed by atoms with Crippen LogP contribution >= 0.6 is 0 Å². The molecule has 8 heteroatoms. The van der Waals surface area contributed by atoms with E-state index in [1.165, 1.54) is 0 Å². The standard InChI is InChI=1S/C26H18F6N2/c27-25(28,29)21-10-20(11-22(14-21)26(30,31)32)19-8-17(15-3-1-5-23(33)12-15)7-18(9-19)16-4-2-6-24(34)13-16/h1-14H,33-34H2. The molecule has 0 unspecified atom stereocenters. The Hall–Kier alpha value is -3.94. The molecule has 0 aliphatic heterocycles. The van der Waals surface area contributed by atoms with Gasteiger partial charge in [-0.25, -0.2) is 0 Å². The topological polar surface area (TPSA) is 52.0 Å². The highest BCUT2D eigenvalue weighted by Crippen LogP contribution is 2.40. The van der Waals surface area contributed by atoms with Crippen LogP contribution in [-0.4, -0.2) is 0 Å². The van der Waals surface area contributed by atoms with Gasteiger partial charge in [-0.1, -0.05) is 24.3 Å². The van der Waals surface area contributed by atoms with E-state index in [4.69, 9.17) is 11.5 Å². The van der Waals surface area contributed by atoms with Crippen LogP contribution in [0.4, 0.5) is 37.7 Å². The van der Waals surface area contributed by atoms with Crippen LogP contribution in [0.2, 0.25) is 0 Å². The quantitative estimate of drug-likeness (QED) is 0.235. The molecule has 0 aliphatic carbocycles. The lowest BCUT2D eigenvalue weighted by Gasteiger charge is -2.16. The summed E-state index contributed by atoms with van der Waals surface area (Å²) < 4.78 is 80.6. The van der Waals surface area contributed by atoms with Gasteiger partial charge in [0, 0.05) is 11.4 Å². The second kappa shape index (κ2) is 8.44. The average molecular weight is 472 g/mol. The molecule has 0 spiro atoms. The highest BCUT2D eigenvalue weighted by molar-refractivity contribution is 5.83. The van der Waals surface area contributed by atoms with E-state index in [-0.39, 0.29) is 17.2 Å². The number of benzene rings is 4. The van der Waals surface area contributed by atoms with E-state index >= 15 is 0 Å². The van der Waals surface area contributed by atoms with Gasteiger partial charge in [0.2, 0.25) is 0 Å². The number of rotatable bonds is 3. The molecule has 0 radical (unpaired) electrons. The number of hydrogen-bond donors (Lipinski definition) is 2. The van der Waals surface area contributed by atoms with E-state index in [0.717, 1.165) is 12.1 Å². The molecule has 0 aliphatic rings. The molecule has 0 amide bonds. The van der Waals surface area contributed by atoms with Crippen LogP contribution in [0.15, 0.2) is 84.9 Å². The molecule has 4 aromatic carbocycles. The SMILES string of the molecule is Nc1cccc(-c2cc(-c3cccc(N)c3)cc(-c3cc(C(F)(F)F)cc(C(F)(F)F)c3)c2)c1. The predicted molar refractivity (Wildman–Crippen MR) is 122 cm³/mol. The first-order chi connectivity index (χ1) is 15.9. The Morgan fingerprint density at radius 3 is 1.12 bits per heavy atom. The summed E-state index contributed by atoms with van der Waals surface area (Å²) in [6.07, 6.45) is -9.89. The van der Waals surface area contributed by atoms with Crippen molar-refractivity contribution >= 4 is 11.4 Å². The maximum atomic E-state index is 13.4. The van der Waals surface area contributed by atoms with Gasteiger partial charge in [-0.05, 0) is 94.0 Å². The highest BCUT2D eigenvalue weighted by atomic mass is 19.4. The second-order valence-electron chi connectivity index (χ2n) is 7.84. The van der Waals surface area contributed by atoms with E-state index in [1.54, 1.807) is 66.7 Å². The van der Waals surface area contributed by atoms with Crippen molar-refractivity contribution in [2.45, 2.75) is 12.4 Å². The lowest BCUT2D eigenvalue weighted by Crippen LogP contribution is -2.11. The molecule has 174 valence electrons. The van der Waals surface area contributed by atoms with Gasteiger partial charge in [-0.2, -0.15) is 26.3 Å². The molecule has 2 nitrogen and oxygen atoms in total. The largest absolute Gasteiger partial charge is 0.416 e. The van der Waals surface area contributed by atoms with E-state index in [0.29, 0.717) is 33.6 Å². The molecule has 34 heavy (non-hydrogen) atoms. The molecule has 0 saturated carbocycles. The fourth-order valence-corrected chi connectivity index (χ4v) is 3.69. The maximum Gasteiger partial charge on any atom is 0.416 e. The summed E-state index contributed by atoms with van der Waals surface area (Å²) in [5.74, 6) is 0. The number of alkyl halides is 6. The number of anilines is 2. The van der Waals surface area contributed by atoms with Gasteiger partial charge in [0.15, 0.2) is 0 Å². The molecule has 4 rings (SSSR count). The summed E-state index contributed by atoms with van der Waals surface area (Å²) in [6, 6.07) is 20.1. The smallest absolute Gasteiger partial charge is 0.399 e. The van der Waals surface area contributed by atoms with E-state index in [9.17, 15) is 26.3 Å². The van der Waals surface area contributed by atoms with Gasteiger partial charge >= 0.3 is 12.4 Å². The Kier molecular flexibility index (Phi) is 5.77. The van der Waals surface area contributed by atoms with Gasteiger partial charge < -0.3 is 11.5 Å². The zero-order valence-corrected chi connectivity index (χ0v) is 17.5. The van der Waals surface area contributed by atoms with Crippen molar-refractivity contribution in [3.63, 3.8) is 0 Å². The van der Waals surface area contributed by atoms with Gasteiger partial charge in [0.1, 0.15) is 0 Å². The van der Waals surface area contributed by atoms with Crippen LogP contribution in [0.25, 0.3) is 33.4 Å². The first-order valence-electron chi connectivity index (χ1n) is 10.1. The fraction of sp³-hybridized carbons (Fsp3) is 0.0769. The fourth-order valence-electron chi connectivity index (χ4n) is 3.69. The van der Waals surface area contributed by atoms with Crippen molar-refractivity contribution in [2.75, 3.05) is 11.5 Å². The lowest BCUT2D eigenvalue weighted by molar-refractivity contribution is -0.143. The lowest BCUT2D eigenvalue weighted by atomic mass is 9.91. The minimum Gasteiger partial charge on any atom is -0.399 e. The normalized spacial score (nSPS) is 12.1. The van der Waals surface area contributed by atoms with Gasteiger partial charge in [0.05, 0.1) is 11.1 Å². The maximum absolute atomic E-state index is 13.4. The zero-order valence-electron chi connectivity index (χ0n) is 17.5. The number of nitrogen functional groups attached to an aromatic ring is 2. The molecular formula is C26H18F6N2. The molecule has 0 fully saturated rings. The summed E-state index contributed by atoms with van der Waals surface area (Å²) in [5, 5.41) is 0. The van der Waals surface area contributed by atoms with E-state index in [2.05, 4.69) is 0 Å². The Morgan fingerprint density at radius 1 is 0.412 bits per heavy atom. The molecule has 0 saturated heterocycles. The van der Waals surface area contributed by atoms with Crippen molar-refractivity contribution in [1.82, 2.24) is 0 Å². The minimum atomic E-state index is -4.95. The third-order valence-corrected chi connectivity index (χ3v) is 5.29.